The summed E-state index contributed by atoms with van der Waals surface area (Å²) in [6.45, 7) is 10.9. The molecule has 1 saturated carbocycles. The number of ether oxygens (including phenoxy) is 3. The highest BCUT2D eigenvalue weighted by molar-refractivity contribution is 7.98. The van der Waals surface area contributed by atoms with E-state index >= 15 is 0 Å². The number of hydrogen-bond acceptors (Lipinski definition) is 12. The number of thiazole rings is 1. The van der Waals surface area contributed by atoms with E-state index in [0.29, 0.717) is 30.2 Å². The van der Waals surface area contributed by atoms with Gasteiger partial charge in [0.25, 0.3) is 0 Å². The number of esters is 1. The molecule has 1 saturated heterocycles. The molecule has 1 N–H and O–H groups in total. The van der Waals surface area contributed by atoms with Crippen molar-refractivity contribution in [3.63, 3.8) is 0 Å². The van der Waals surface area contributed by atoms with Crippen molar-refractivity contribution in [3.8, 4) is 10.6 Å². The Balaban J connectivity index is 1.54. The molecule has 3 aromatic heterocycles. The van der Waals surface area contributed by atoms with E-state index in [1.54, 1.807) is 17.5 Å². The van der Waals surface area contributed by atoms with Crippen molar-refractivity contribution >= 4 is 50.9 Å². The first-order valence-electron chi connectivity index (χ1n) is 13.5. The van der Waals surface area contributed by atoms with Crippen LogP contribution in [0.1, 0.15) is 58.3 Å². The predicted molar refractivity (Wildman–Crippen MR) is 155 cm³/mol. The summed E-state index contributed by atoms with van der Waals surface area (Å²) in [4.78, 5) is 44.0. The second-order valence-electron chi connectivity index (χ2n) is 10.7. The third-order valence-electron chi connectivity index (χ3n) is 7.28. The van der Waals surface area contributed by atoms with Gasteiger partial charge < -0.3 is 19.5 Å². The average Bonchev–Trinajstić information content (AvgIpc) is 3.54. The van der Waals surface area contributed by atoms with E-state index in [9.17, 15) is 9.59 Å². The van der Waals surface area contributed by atoms with Gasteiger partial charge >= 0.3 is 5.97 Å². The zero-order valence-corrected chi connectivity index (χ0v) is 25.4. The van der Waals surface area contributed by atoms with Crippen LogP contribution in [-0.4, -0.2) is 68.1 Å². The Morgan fingerprint density at radius 3 is 2.62 bits per heavy atom. The number of Topliss-reactive ketones (excluding diaryl/α,β-unsaturated/α-hetero) is 1. The minimum Gasteiger partial charge on any atom is -0.454 e. The number of anilines is 1. The maximum Gasteiger partial charge on any atom is 0.303 e. The van der Waals surface area contributed by atoms with Gasteiger partial charge in [-0.2, -0.15) is 0 Å². The Kier molecular flexibility index (Phi) is 8.15. The van der Waals surface area contributed by atoms with E-state index in [1.165, 1.54) is 18.7 Å². The number of fused-ring (bicyclic) bond motifs is 2. The van der Waals surface area contributed by atoms with Crippen LogP contribution in [0.4, 0.5) is 5.82 Å². The van der Waals surface area contributed by atoms with Crippen molar-refractivity contribution < 1.29 is 23.8 Å². The molecule has 1 aliphatic carbocycles. The van der Waals surface area contributed by atoms with Crippen molar-refractivity contribution in [1.82, 2.24) is 19.9 Å². The van der Waals surface area contributed by atoms with Crippen molar-refractivity contribution in [2.75, 3.05) is 11.6 Å². The van der Waals surface area contributed by atoms with Crippen LogP contribution < -0.4 is 5.32 Å². The third kappa shape index (κ3) is 5.59. The molecule has 0 spiro atoms. The van der Waals surface area contributed by atoms with E-state index in [-0.39, 0.29) is 23.8 Å². The Bertz CT molecular complexity index is 1440. The zero-order valence-electron chi connectivity index (χ0n) is 23.8. The molecule has 0 radical (unpaired) electrons. The number of carbonyl (C=O) groups excluding carboxylic acids is 2. The van der Waals surface area contributed by atoms with Crippen LogP contribution in [0.15, 0.2) is 17.4 Å². The molecule has 2 fully saturated rings. The Morgan fingerprint density at radius 2 is 1.95 bits per heavy atom. The fourth-order valence-corrected chi connectivity index (χ4v) is 7.20. The second kappa shape index (κ2) is 11.3. The van der Waals surface area contributed by atoms with Crippen LogP contribution in [0.3, 0.4) is 0 Å². The molecule has 0 amide bonds. The molecular formula is C28H35N5O5S2. The number of aryl methyl sites for hydroxylation is 2. The number of carbonyl (C=O) groups is 2. The van der Waals surface area contributed by atoms with Gasteiger partial charge in [0.15, 0.2) is 22.8 Å². The SMILES string of the molecule is CCCC(=O)C(OC(C)=O)[C@H]1C[C@@H](Nc2nc(SC)nc(C)c2-c2nc3c(C)nccc3s2)[C@@H]2OC(C)(C)O[C@@H]21. The molecule has 5 atom stereocenters. The monoisotopic (exact) mass is 585 g/mol. The maximum absolute atomic E-state index is 13.1. The first-order chi connectivity index (χ1) is 19.0. The largest absolute Gasteiger partial charge is 0.454 e. The standard InChI is InChI=1S/C28H35N5O5S2/c1-8-9-18(35)22(36-15(4)34)16-12-17(24-23(16)37-28(5,6)38-24)31-25-20(13(2)30-27(33-25)39-7)26-32-21-14(3)29-11-10-19(21)40-26/h10-11,16-17,22-24H,8-9,12H2,1-7H3,(H,30,31,33)/t16-,17-,22?,23-,24+/m1/s1. The Morgan fingerprint density at radius 1 is 1.20 bits per heavy atom. The lowest BCUT2D eigenvalue weighted by Gasteiger charge is -2.28. The van der Waals surface area contributed by atoms with Crippen LogP contribution in [0.25, 0.3) is 20.8 Å². The van der Waals surface area contributed by atoms with Gasteiger partial charge in [-0.1, -0.05) is 18.7 Å². The molecule has 3 aromatic rings. The summed E-state index contributed by atoms with van der Waals surface area (Å²) in [6, 6.07) is 1.70. The summed E-state index contributed by atoms with van der Waals surface area (Å²) in [5.74, 6) is -1.16. The van der Waals surface area contributed by atoms with E-state index in [1.807, 2.05) is 46.9 Å². The minimum absolute atomic E-state index is 0.0999. The molecule has 1 aliphatic heterocycles. The van der Waals surface area contributed by atoms with Crippen molar-refractivity contribution in [2.45, 2.75) is 96.1 Å². The summed E-state index contributed by atoms with van der Waals surface area (Å²) in [5.41, 5.74) is 3.34. The molecule has 5 rings (SSSR count). The number of pyridine rings is 1. The maximum atomic E-state index is 13.1. The lowest BCUT2D eigenvalue weighted by Crippen LogP contribution is -2.40. The minimum atomic E-state index is -0.901. The molecule has 214 valence electrons. The van der Waals surface area contributed by atoms with Gasteiger partial charge in [0.1, 0.15) is 22.4 Å². The van der Waals surface area contributed by atoms with Gasteiger partial charge in [0.2, 0.25) is 0 Å². The molecule has 12 heteroatoms. The third-order valence-corrected chi connectivity index (χ3v) is 8.87. The molecule has 0 aromatic carbocycles. The summed E-state index contributed by atoms with van der Waals surface area (Å²) >= 11 is 3.03. The zero-order chi connectivity index (χ0) is 28.8. The highest BCUT2D eigenvalue weighted by Gasteiger charge is 2.57. The van der Waals surface area contributed by atoms with E-state index < -0.39 is 24.0 Å². The summed E-state index contributed by atoms with van der Waals surface area (Å²) in [6.07, 6.45) is 3.51. The summed E-state index contributed by atoms with van der Waals surface area (Å²) < 4.78 is 19.4. The van der Waals surface area contributed by atoms with Crippen LogP contribution >= 0.6 is 23.1 Å². The molecule has 10 nitrogen and oxygen atoms in total. The fourth-order valence-electron chi connectivity index (χ4n) is 5.68. The lowest BCUT2D eigenvalue weighted by molar-refractivity contribution is -0.172. The van der Waals surface area contributed by atoms with Crippen LogP contribution in [0, 0.1) is 19.8 Å². The highest BCUT2D eigenvalue weighted by Crippen LogP contribution is 2.46. The van der Waals surface area contributed by atoms with Gasteiger partial charge in [-0.25, -0.2) is 15.0 Å². The quantitative estimate of drug-likeness (QED) is 0.205. The number of rotatable bonds is 9. The molecule has 1 unspecified atom stereocenters. The van der Waals surface area contributed by atoms with Crippen molar-refractivity contribution in [1.29, 1.82) is 0 Å². The summed E-state index contributed by atoms with van der Waals surface area (Å²) in [7, 11) is 0. The van der Waals surface area contributed by atoms with Gasteiger partial charge in [-0.3, -0.25) is 14.6 Å². The highest BCUT2D eigenvalue weighted by atomic mass is 32.2. The van der Waals surface area contributed by atoms with Crippen LogP contribution in [0.2, 0.25) is 0 Å². The number of aromatic nitrogens is 4. The van der Waals surface area contributed by atoms with Crippen LogP contribution in [0.5, 0.6) is 0 Å². The fraction of sp³-hybridized carbons (Fsp3) is 0.571. The van der Waals surface area contributed by atoms with Crippen LogP contribution in [-0.2, 0) is 23.8 Å². The normalized spacial score (nSPS) is 24.2. The number of ketones is 1. The molecular weight excluding hydrogens is 550 g/mol. The number of thioether (sulfide) groups is 1. The van der Waals surface area contributed by atoms with Gasteiger partial charge in [0.05, 0.1) is 33.8 Å². The van der Waals surface area contributed by atoms with Crippen molar-refractivity contribution in [2.24, 2.45) is 5.92 Å². The van der Waals surface area contributed by atoms with Crippen molar-refractivity contribution in [3.05, 3.63) is 23.7 Å². The predicted octanol–water partition coefficient (Wildman–Crippen LogP) is 5.11. The average molecular weight is 586 g/mol. The van der Waals surface area contributed by atoms with Gasteiger partial charge in [-0.15, -0.1) is 11.3 Å². The molecule has 4 heterocycles. The van der Waals surface area contributed by atoms with Gasteiger partial charge in [-0.05, 0) is 52.9 Å². The number of nitrogens with zero attached hydrogens (tertiary/aromatic N) is 4. The van der Waals surface area contributed by atoms with E-state index in [2.05, 4.69) is 10.3 Å². The Labute approximate surface area is 242 Å². The van der Waals surface area contributed by atoms with E-state index in [0.717, 1.165) is 32.2 Å². The lowest BCUT2D eigenvalue weighted by atomic mass is 9.92. The first kappa shape index (κ1) is 28.8. The topological polar surface area (TPSA) is 125 Å². The molecule has 40 heavy (non-hydrogen) atoms. The smallest absolute Gasteiger partial charge is 0.303 e. The number of hydrogen-bond donors (Lipinski definition) is 1. The summed E-state index contributed by atoms with van der Waals surface area (Å²) in [5, 5.41) is 5.06. The molecule has 2 aliphatic rings. The second-order valence-corrected chi connectivity index (χ2v) is 12.5. The van der Waals surface area contributed by atoms with E-state index in [4.69, 9.17) is 29.2 Å². The Hall–Kier alpha value is -2.67. The molecule has 0 bridgehead atoms. The number of nitrogens with one attached hydrogen (secondary N) is 1. The van der Waals surface area contributed by atoms with Gasteiger partial charge in [0, 0.05) is 25.5 Å². The first-order valence-corrected chi connectivity index (χ1v) is 15.5.